The van der Waals surface area contributed by atoms with Crippen LogP contribution in [0.4, 0.5) is 4.39 Å². The summed E-state index contributed by atoms with van der Waals surface area (Å²) in [5.74, 6) is -1.48. The Labute approximate surface area is 167 Å². The molecule has 2 aromatic carbocycles. The van der Waals surface area contributed by atoms with Gasteiger partial charge in [0.1, 0.15) is 18.2 Å². The van der Waals surface area contributed by atoms with Crippen molar-refractivity contribution in [3.05, 3.63) is 77.4 Å². The average molecular weight is 396 g/mol. The number of ether oxygens (including phenoxy) is 1. The van der Waals surface area contributed by atoms with Crippen molar-refractivity contribution in [2.45, 2.75) is 20.5 Å². The highest BCUT2D eigenvalue weighted by atomic mass is 19.1. The second-order valence-electron chi connectivity index (χ2n) is 6.73. The molecule has 1 atom stereocenters. The Bertz CT molecular complexity index is 1000. The molecule has 3 rings (SSSR count). The van der Waals surface area contributed by atoms with Crippen molar-refractivity contribution in [3.63, 3.8) is 0 Å². The van der Waals surface area contributed by atoms with Gasteiger partial charge in [0.25, 0.3) is 5.91 Å². The molecule has 6 nitrogen and oxygen atoms in total. The SMILES string of the molecule is Cc1oncc1-c1cc(F)cc(C(=O)NC[C@@H](C)C(=O)OCc2ccccc2)c1. The van der Waals surface area contributed by atoms with E-state index in [1.165, 1.54) is 12.3 Å². The summed E-state index contributed by atoms with van der Waals surface area (Å²) >= 11 is 0. The van der Waals surface area contributed by atoms with E-state index in [0.717, 1.165) is 11.6 Å². The van der Waals surface area contributed by atoms with Crippen LogP contribution in [0.15, 0.2) is 59.3 Å². The highest BCUT2D eigenvalue weighted by Gasteiger charge is 2.18. The molecule has 0 unspecified atom stereocenters. The van der Waals surface area contributed by atoms with Gasteiger partial charge in [-0.25, -0.2) is 4.39 Å². The number of hydrogen-bond donors (Lipinski definition) is 1. The Morgan fingerprint density at radius 2 is 1.97 bits per heavy atom. The number of amides is 1. The van der Waals surface area contributed by atoms with Crippen molar-refractivity contribution in [3.8, 4) is 11.1 Å². The summed E-state index contributed by atoms with van der Waals surface area (Å²) < 4.78 is 24.3. The van der Waals surface area contributed by atoms with Crippen molar-refractivity contribution in [2.24, 2.45) is 5.92 Å². The zero-order valence-corrected chi connectivity index (χ0v) is 16.1. The van der Waals surface area contributed by atoms with E-state index >= 15 is 0 Å². The molecular formula is C22H21FN2O4. The molecule has 0 bridgehead atoms. The molecular weight excluding hydrogens is 375 g/mol. The van der Waals surface area contributed by atoms with Gasteiger partial charge in [0, 0.05) is 17.7 Å². The summed E-state index contributed by atoms with van der Waals surface area (Å²) in [5.41, 5.74) is 2.12. The van der Waals surface area contributed by atoms with Crippen LogP contribution in [0.2, 0.25) is 0 Å². The number of benzene rings is 2. The summed E-state index contributed by atoms with van der Waals surface area (Å²) in [7, 11) is 0. The van der Waals surface area contributed by atoms with Crippen LogP contribution in [0.25, 0.3) is 11.1 Å². The van der Waals surface area contributed by atoms with Crippen LogP contribution in [0, 0.1) is 18.7 Å². The fourth-order valence-corrected chi connectivity index (χ4v) is 2.75. The number of hydrogen-bond acceptors (Lipinski definition) is 5. The van der Waals surface area contributed by atoms with Gasteiger partial charge < -0.3 is 14.6 Å². The van der Waals surface area contributed by atoms with Crippen LogP contribution < -0.4 is 5.32 Å². The van der Waals surface area contributed by atoms with Gasteiger partial charge in [0.15, 0.2) is 0 Å². The minimum atomic E-state index is -0.552. The molecule has 0 radical (unpaired) electrons. The van der Waals surface area contributed by atoms with E-state index in [1.54, 1.807) is 19.9 Å². The van der Waals surface area contributed by atoms with Crippen LogP contribution in [0.5, 0.6) is 0 Å². The van der Waals surface area contributed by atoms with E-state index in [0.29, 0.717) is 16.9 Å². The smallest absolute Gasteiger partial charge is 0.310 e. The zero-order chi connectivity index (χ0) is 20.8. The molecule has 0 saturated heterocycles. The first-order valence-corrected chi connectivity index (χ1v) is 9.15. The molecule has 3 aromatic rings. The van der Waals surface area contributed by atoms with Crippen molar-refractivity contribution in [1.82, 2.24) is 10.5 Å². The van der Waals surface area contributed by atoms with Gasteiger partial charge in [-0.1, -0.05) is 42.4 Å². The third kappa shape index (κ3) is 5.28. The summed E-state index contributed by atoms with van der Waals surface area (Å²) in [5, 5.41) is 6.32. The highest BCUT2D eigenvalue weighted by molar-refractivity contribution is 5.95. The quantitative estimate of drug-likeness (QED) is 0.613. The van der Waals surface area contributed by atoms with E-state index in [1.807, 2.05) is 30.3 Å². The predicted octanol–water partition coefficient (Wildman–Crippen LogP) is 3.90. The van der Waals surface area contributed by atoms with Gasteiger partial charge in [0.2, 0.25) is 0 Å². The summed E-state index contributed by atoms with van der Waals surface area (Å²) in [4.78, 5) is 24.6. The fraction of sp³-hybridized carbons (Fsp3) is 0.227. The Kier molecular flexibility index (Phi) is 6.39. The van der Waals surface area contributed by atoms with Crippen molar-refractivity contribution in [2.75, 3.05) is 6.54 Å². The molecule has 1 amide bonds. The molecule has 150 valence electrons. The van der Waals surface area contributed by atoms with Crippen LogP contribution in [-0.4, -0.2) is 23.6 Å². The van der Waals surface area contributed by atoms with E-state index in [9.17, 15) is 14.0 Å². The topological polar surface area (TPSA) is 81.4 Å². The Morgan fingerprint density at radius 3 is 2.66 bits per heavy atom. The van der Waals surface area contributed by atoms with Crippen LogP contribution in [0.1, 0.15) is 28.6 Å². The van der Waals surface area contributed by atoms with Crippen molar-refractivity contribution >= 4 is 11.9 Å². The van der Waals surface area contributed by atoms with Gasteiger partial charge in [-0.2, -0.15) is 0 Å². The van der Waals surface area contributed by atoms with Crippen molar-refractivity contribution < 1.29 is 23.2 Å². The lowest BCUT2D eigenvalue weighted by atomic mass is 10.0. The van der Waals surface area contributed by atoms with E-state index in [2.05, 4.69) is 10.5 Å². The Balaban J connectivity index is 1.58. The molecule has 29 heavy (non-hydrogen) atoms. The normalized spacial score (nSPS) is 11.7. The molecule has 0 fully saturated rings. The standard InChI is InChI=1S/C22H21FN2O4/c1-14(22(27)28-13-16-6-4-3-5-7-16)11-24-21(26)18-8-17(9-19(23)10-18)20-12-25-29-15(20)2/h3-10,12,14H,11,13H2,1-2H3,(H,24,26)/t14-/m1/s1. The lowest BCUT2D eigenvalue weighted by Crippen LogP contribution is -2.32. The van der Waals surface area contributed by atoms with Crippen LogP contribution in [0.3, 0.4) is 0 Å². The first-order chi connectivity index (χ1) is 13.9. The summed E-state index contributed by atoms with van der Waals surface area (Å²) in [6.45, 7) is 3.61. The number of carbonyl (C=O) groups excluding carboxylic acids is 2. The molecule has 0 aliphatic heterocycles. The van der Waals surface area contributed by atoms with E-state index in [-0.39, 0.29) is 18.7 Å². The third-order valence-corrected chi connectivity index (χ3v) is 4.42. The number of aromatic nitrogens is 1. The molecule has 0 aliphatic carbocycles. The molecule has 1 N–H and O–H groups in total. The zero-order valence-electron chi connectivity index (χ0n) is 16.1. The molecule has 1 heterocycles. The molecule has 0 saturated carbocycles. The number of rotatable bonds is 7. The number of aryl methyl sites for hydroxylation is 1. The highest BCUT2D eigenvalue weighted by Crippen LogP contribution is 2.25. The average Bonchev–Trinajstić information content (AvgIpc) is 3.16. The summed E-state index contributed by atoms with van der Waals surface area (Å²) in [6.07, 6.45) is 1.47. The maximum absolute atomic E-state index is 14.0. The first kappa shape index (κ1) is 20.3. The number of esters is 1. The van der Waals surface area contributed by atoms with Crippen molar-refractivity contribution in [1.29, 1.82) is 0 Å². The van der Waals surface area contributed by atoms with Crippen LogP contribution in [-0.2, 0) is 16.1 Å². The number of carbonyl (C=O) groups is 2. The number of nitrogens with zero attached hydrogens (tertiary/aromatic N) is 1. The van der Waals surface area contributed by atoms with Crippen LogP contribution >= 0.6 is 0 Å². The van der Waals surface area contributed by atoms with E-state index < -0.39 is 23.6 Å². The monoisotopic (exact) mass is 396 g/mol. The minimum Gasteiger partial charge on any atom is -0.461 e. The van der Waals surface area contributed by atoms with Gasteiger partial charge >= 0.3 is 5.97 Å². The first-order valence-electron chi connectivity index (χ1n) is 9.15. The molecule has 0 spiro atoms. The lowest BCUT2D eigenvalue weighted by Gasteiger charge is -2.13. The molecule has 0 aliphatic rings. The largest absolute Gasteiger partial charge is 0.461 e. The number of halogens is 1. The second kappa shape index (κ2) is 9.14. The Hall–Kier alpha value is -3.48. The van der Waals surface area contributed by atoms with E-state index in [4.69, 9.17) is 9.26 Å². The number of nitrogens with one attached hydrogen (secondary N) is 1. The van der Waals surface area contributed by atoms with Gasteiger partial charge in [-0.3, -0.25) is 9.59 Å². The Morgan fingerprint density at radius 1 is 1.21 bits per heavy atom. The predicted molar refractivity (Wildman–Crippen MR) is 104 cm³/mol. The molecule has 1 aromatic heterocycles. The second-order valence-corrected chi connectivity index (χ2v) is 6.73. The van der Waals surface area contributed by atoms with Gasteiger partial charge in [-0.15, -0.1) is 0 Å². The maximum Gasteiger partial charge on any atom is 0.310 e. The van der Waals surface area contributed by atoms with Gasteiger partial charge in [-0.05, 0) is 36.2 Å². The third-order valence-electron chi connectivity index (χ3n) is 4.42. The summed E-state index contributed by atoms with van der Waals surface area (Å²) in [6, 6.07) is 13.3. The fourth-order valence-electron chi connectivity index (χ4n) is 2.75. The lowest BCUT2D eigenvalue weighted by molar-refractivity contribution is -0.149. The minimum absolute atomic E-state index is 0.0740. The van der Waals surface area contributed by atoms with Gasteiger partial charge in [0.05, 0.1) is 12.1 Å². The maximum atomic E-state index is 14.0. The molecule has 7 heteroatoms.